The lowest BCUT2D eigenvalue weighted by atomic mass is 9.90. The molecule has 5 nitrogen and oxygen atoms in total. The minimum absolute atomic E-state index is 0.0405. The molecule has 3 rings (SSSR count). The Morgan fingerprint density at radius 3 is 2.57 bits per heavy atom. The van der Waals surface area contributed by atoms with Crippen molar-refractivity contribution in [2.24, 2.45) is 13.0 Å². The summed E-state index contributed by atoms with van der Waals surface area (Å²) in [6, 6.07) is 12.4. The lowest BCUT2D eigenvalue weighted by Crippen LogP contribution is -2.41. The first kappa shape index (κ1) is 15.6. The fourth-order valence-electron chi connectivity index (χ4n) is 3.10. The van der Waals surface area contributed by atoms with Crippen molar-refractivity contribution in [1.29, 1.82) is 0 Å². The molecule has 0 saturated carbocycles. The predicted molar refractivity (Wildman–Crippen MR) is 91.4 cm³/mol. The Hall–Kier alpha value is -2.30. The number of nitrogens with one attached hydrogen (secondary N) is 1. The molecule has 122 valence electrons. The van der Waals surface area contributed by atoms with Gasteiger partial charge in [-0.1, -0.05) is 30.3 Å². The van der Waals surface area contributed by atoms with Gasteiger partial charge in [0.25, 0.3) is 0 Å². The molecule has 1 N–H and O–H groups in total. The van der Waals surface area contributed by atoms with Crippen LogP contribution in [0.2, 0.25) is 0 Å². The highest BCUT2D eigenvalue weighted by Crippen LogP contribution is 2.22. The maximum atomic E-state index is 12.3. The summed E-state index contributed by atoms with van der Waals surface area (Å²) in [5, 5.41) is 7.17. The molecular weight excluding hydrogens is 288 g/mol. The number of benzene rings is 1. The molecule has 1 aliphatic rings. The number of piperidine rings is 1. The number of aryl methyl sites for hydroxylation is 2. The lowest BCUT2D eigenvalue weighted by molar-refractivity contribution is 0.182. The van der Waals surface area contributed by atoms with E-state index >= 15 is 0 Å². The fraction of sp³-hybridized carbons (Fsp3) is 0.444. The molecule has 23 heavy (non-hydrogen) atoms. The Bertz CT molecular complexity index is 637. The number of anilines is 1. The molecule has 1 aliphatic heterocycles. The van der Waals surface area contributed by atoms with Gasteiger partial charge in [-0.15, -0.1) is 0 Å². The fourth-order valence-corrected chi connectivity index (χ4v) is 3.10. The van der Waals surface area contributed by atoms with E-state index in [2.05, 4.69) is 40.7 Å². The third kappa shape index (κ3) is 3.92. The quantitative estimate of drug-likeness (QED) is 0.946. The number of hydrogen-bond acceptors (Lipinski definition) is 2. The normalized spacial score (nSPS) is 15.7. The van der Waals surface area contributed by atoms with E-state index < -0.39 is 0 Å². The van der Waals surface area contributed by atoms with Crippen LogP contribution in [0.5, 0.6) is 0 Å². The molecule has 1 saturated heterocycles. The van der Waals surface area contributed by atoms with Crippen LogP contribution in [0.3, 0.4) is 0 Å². The molecule has 0 radical (unpaired) electrons. The topological polar surface area (TPSA) is 50.2 Å². The summed E-state index contributed by atoms with van der Waals surface area (Å²) in [5.41, 5.74) is 2.42. The average Bonchev–Trinajstić information content (AvgIpc) is 2.87. The number of carbonyl (C=O) groups is 1. The first-order valence-corrected chi connectivity index (χ1v) is 8.22. The standard InChI is InChI=1S/C18H24N4O/c1-14-12-17(20-21(14)2)19-18(23)22-10-8-16(9-11-22)13-15-6-4-3-5-7-15/h3-7,12,16H,8-11,13H2,1-2H3,(H,19,20,23). The van der Waals surface area contributed by atoms with Crippen LogP contribution in [0.25, 0.3) is 0 Å². The maximum Gasteiger partial charge on any atom is 0.323 e. The summed E-state index contributed by atoms with van der Waals surface area (Å²) in [6.45, 7) is 3.60. The van der Waals surface area contributed by atoms with E-state index in [1.807, 2.05) is 24.9 Å². The first-order valence-electron chi connectivity index (χ1n) is 8.22. The van der Waals surface area contributed by atoms with E-state index in [9.17, 15) is 4.79 Å². The molecule has 2 aromatic rings. The molecule has 5 heteroatoms. The summed E-state index contributed by atoms with van der Waals surface area (Å²) in [6.07, 6.45) is 3.23. The van der Waals surface area contributed by atoms with Gasteiger partial charge in [0.15, 0.2) is 5.82 Å². The van der Waals surface area contributed by atoms with E-state index in [4.69, 9.17) is 0 Å². The van der Waals surface area contributed by atoms with E-state index in [0.29, 0.717) is 11.7 Å². The van der Waals surface area contributed by atoms with Crippen molar-refractivity contribution in [2.45, 2.75) is 26.2 Å². The molecule has 2 heterocycles. The Labute approximate surface area is 137 Å². The van der Waals surface area contributed by atoms with Gasteiger partial charge < -0.3 is 4.90 Å². The lowest BCUT2D eigenvalue weighted by Gasteiger charge is -2.31. The van der Waals surface area contributed by atoms with Crippen LogP contribution in [0.15, 0.2) is 36.4 Å². The summed E-state index contributed by atoms with van der Waals surface area (Å²) in [5.74, 6) is 1.29. The SMILES string of the molecule is Cc1cc(NC(=O)N2CCC(Cc3ccccc3)CC2)nn1C. The Balaban J connectivity index is 1.49. The van der Waals surface area contributed by atoms with E-state index in [1.165, 1.54) is 5.56 Å². The summed E-state index contributed by atoms with van der Waals surface area (Å²) in [7, 11) is 1.88. The molecule has 1 fully saturated rings. The zero-order valence-electron chi connectivity index (χ0n) is 13.8. The van der Waals surface area contributed by atoms with Gasteiger partial charge in [0, 0.05) is 31.9 Å². The average molecular weight is 312 g/mol. The molecule has 1 aromatic carbocycles. The molecule has 0 atom stereocenters. The Morgan fingerprint density at radius 2 is 1.96 bits per heavy atom. The van der Waals surface area contributed by atoms with Crippen molar-refractivity contribution in [3.63, 3.8) is 0 Å². The number of amides is 2. The van der Waals surface area contributed by atoms with Crippen LogP contribution in [-0.4, -0.2) is 33.8 Å². The minimum atomic E-state index is -0.0405. The predicted octanol–water partition coefficient (Wildman–Crippen LogP) is 3.22. The van der Waals surface area contributed by atoms with Crippen LogP contribution >= 0.6 is 0 Å². The first-order chi connectivity index (χ1) is 11.1. The third-order valence-corrected chi connectivity index (χ3v) is 4.62. The highest BCUT2D eigenvalue weighted by atomic mass is 16.2. The number of likely N-dealkylation sites (tertiary alicyclic amines) is 1. The number of aromatic nitrogens is 2. The second kappa shape index (κ2) is 6.86. The number of carbonyl (C=O) groups excluding carboxylic acids is 1. The third-order valence-electron chi connectivity index (χ3n) is 4.62. The van der Waals surface area contributed by atoms with Crippen LogP contribution in [0.1, 0.15) is 24.1 Å². The van der Waals surface area contributed by atoms with Crippen molar-refractivity contribution in [1.82, 2.24) is 14.7 Å². The van der Waals surface area contributed by atoms with Crippen molar-refractivity contribution in [3.8, 4) is 0 Å². The van der Waals surface area contributed by atoms with Gasteiger partial charge in [0.2, 0.25) is 0 Å². The van der Waals surface area contributed by atoms with Gasteiger partial charge in [0.1, 0.15) is 0 Å². The van der Waals surface area contributed by atoms with Crippen LogP contribution in [0.4, 0.5) is 10.6 Å². The maximum absolute atomic E-state index is 12.3. The van der Waals surface area contributed by atoms with Gasteiger partial charge in [-0.2, -0.15) is 5.10 Å². The van der Waals surface area contributed by atoms with Gasteiger partial charge in [-0.3, -0.25) is 10.00 Å². The van der Waals surface area contributed by atoms with Crippen molar-refractivity contribution >= 4 is 11.8 Å². The van der Waals surface area contributed by atoms with Crippen molar-refractivity contribution < 1.29 is 4.79 Å². The smallest absolute Gasteiger partial charge is 0.323 e. The van der Waals surface area contributed by atoms with Gasteiger partial charge in [-0.25, -0.2) is 4.79 Å². The van der Waals surface area contributed by atoms with Crippen LogP contribution in [0, 0.1) is 12.8 Å². The minimum Gasteiger partial charge on any atom is -0.324 e. The Kier molecular flexibility index (Phi) is 4.65. The van der Waals surface area contributed by atoms with E-state index in [-0.39, 0.29) is 6.03 Å². The summed E-state index contributed by atoms with van der Waals surface area (Å²) in [4.78, 5) is 14.2. The second-order valence-corrected chi connectivity index (χ2v) is 6.34. The number of rotatable bonds is 3. The van der Waals surface area contributed by atoms with Gasteiger partial charge in [0.05, 0.1) is 0 Å². The van der Waals surface area contributed by atoms with Gasteiger partial charge >= 0.3 is 6.03 Å². The summed E-state index contributed by atoms with van der Waals surface area (Å²) < 4.78 is 1.77. The molecule has 0 aliphatic carbocycles. The largest absolute Gasteiger partial charge is 0.324 e. The highest BCUT2D eigenvalue weighted by molar-refractivity contribution is 5.88. The van der Waals surface area contributed by atoms with Crippen molar-refractivity contribution in [2.75, 3.05) is 18.4 Å². The van der Waals surface area contributed by atoms with Crippen LogP contribution in [-0.2, 0) is 13.5 Å². The molecular formula is C18H24N4O. The summed E-state index contributed by atoms with van der Waals surface area (Å²) >= 11 is 0. The second-order valence-electron chi connectivity index (χ2n) is 6.34. The van der Waals surface area contributed by atoms with E-state index in [0.717, 1.165) is 38.0 Å². The molecule has 0 spiro atoms. The molecule has 1 aromatic heterocycles. The zero-order valence-corrected chi connectivity index (χ0v) is 13.8. The number of urea groups is 1. The highest BCUT2D eigenvalue weighted by Gasteiger charge is 2.23. The van der Waals surface area contributed by atoms with Crippen molar-refractivity contribution in [3.05, 3.63) is 47.7 Å². The molecule has 0 unspecified atom stereocenters. The molecule has 2 amide bonds. The zero-order chi connectivity index (χ0) is 16.2. The van der Waals surface area contributed by atoms with Crippen LogP contribution < -0.4 is 5.32 Å². The number of hydrogen-bond donors (Lipinski definition) is 1. The Morgan fingerprint density at radius 1 is 1.26 bits per heavy atom. The van der Waals surface area contributed by atoms with Gasteiger partial charge in [-0.05, 0) is 37.7 Å². The van der Waals surface area contributed by atoms with E-state index in [1.54, 1.807) is 4.68 Å². The monoisotopic (exact) mass is 312 g/mol. The molecule has 0 bridgehead atoms. The number of nitrogens with zero attached hydrogens (tertiary/aromatic N) is 3.